The molecule has 0 aliphatic rings. The number of aryl methyl sites for hydroxylation is 1. The zero-order chi connectivity index (χ0) is 17.2. The molecule has 1 aromatic carbocycles. The second kappa shape index (κ2) is 6.44. The third kappa shape index (κ3) is 3.73. The van der Waals surface area contributed by atoms with Crippen LogP contribution < -0.4 is 0 Å². The highest BCUT2D eigenvalue weighted by Crippen LogP contribution is 2.31. The van der Waals surface area contributed by atoms with Gasteiger partial charge >= 0.3 is 6.09 Å². The Kier molecular flexibility index (Phi) is 4.78. The fourth-order valence-corrected chi connectivity index (χ4v) is 2.68. The van der Waals surface area contributed by atoms with Crippen molar-refractivity contribution in [2.45, 2.75) is 38.8 Å². The molecule has 5 nitrogen and oxygen atoms in total. The molecule has 2 aromatic rings. The lowest BCUT2D eigenvalue weighted by Crippen LogP contribution is -2.36. The number of aromatic nitrogens is 1. The highest BCUT2D eigenvalue weighted by atomic mass is 16.6. The fraction of sp³-hybridized carbons (Fsp3) is 0.444. The van der Waals surface area contributed by atoms with E-state index in [1.54, 1.807) is 7.05 Å². The van der Waals surface area contributed by atoms with E-state index in [1.807, 2.05) is 62.8 Å². The van der Waals surface area contributed by atoms with E-state index in [4.69, 9.17) is 4.74 Å². The van der Waals surface area contributed by atoms with Gasteiger partial charge in [-0.1, -0.05) is 18.2 Å². The van der Waals surface area contributed by atoms with Crippen LogP contribution in [0.4, 0.5) is 4.79 Å². The Morgan fingerprint density at radius 2 is 2.00 bits per heavy atom. The van der Waals surface area contributed by atoms with Crippen molar-refractivity contribution < 1.29 is 14.3 Å². The van der Waals surface area contributed by atoms with Gasteiger partial charge in [-0.15, -0.1) is 0 Å². The number of benzene rings is 1. The predicted molar refractivity (Wildman–Crippen MR) is 90.3 cm³/mol. The second-order valence-corrected chi connectivity index (χ2v) is 6.72. The van der Waals surface area contributed by atoms with Crippen LogP contribution in [0.15, 0.2) is 30.5 Å². The second-order valence-electron chi connectivity index (χ2n) is 6.72. The fourth-order valence-electron chi connectivity index (χ4n) is 2.68. The van der Waals surface area contributed by atoms with Crippen molar-refractivity contribution in [3.8, 4) is 0 Å². The van der Waals surface area contributed by atoms with Gasteiger partial charge in [0.25, 0.3) is 0 Å². The molecule has 1 amide bonds. The summed E-state index contributed by atoms with van der Waals surface area (Å²) < 4.78 is 7.44. The number of amides is 1. The summed E-state index contributed by atoms with van der Waals surface area (Å²) in [6.45, 7) is 5.47. The van der Waals surface area contributed by atoms with Gasteiger partial charge in [0.15, 0.2) is 0 Å². The number of hydrogen-bond acceptors (Lipinski definition) is 3. The van der Waals surface area contributed by atoms with Crippen molar-refractivity contribution in [3.63, 3.8) is 0 Å². The molecule has 0 aliphatic heterocycles. The van der Waals surface area contributed by atoms with E-state index in [9.17, 15) is 9.59 Å². The minimum Gasteiger partial charge on any atom is -0.444 e. The number of carbonyl (C=O) groups excluding carboxylic acids is 2. The SMILES string of the molecule is CN(C(=O)OC(C)(C)C)C(CC=O)c1cn(C)c2ccccc12. The van der Waals surface area contributed by atoms with Crippen LogP contribution in [0.25, 0.3) is 10.9 Å². The van der Waals surface area contributed by atoms with E-state index >= 15 is 0 Å². The van der Waals surface area contributed by atoms with Gasteiger partial charge < -0.3 is 19.0 Å². The van der Waals surface area contributed by atoms with Gasteiger partial charge in [-0.05, 0) is 26.8 Å². The van der Waals surface area contributed by atoms with Gasteiger partial charge in [0.2, 0.25) is 0 Å². The van der Waals surface area contributed by atoms with E-state index in [2.05, 4.69) is 0 Å². The maximum absolute atomic E-state index is 12.4. The quantitative estimate of drug-likeness (QED) is 0.809. The average Bonchev–Trinajstić information content (AvgIpc) is 2.80. The standard InChI is InChI=1S/C18H24N2O3/c1-18(2,3)23-17(22)20(5)16(10-11-21)14-12-19(4)15-9-7-6-8-13(14)15/h6-9,11-12,16H,10H2,1-5H3. The van der Waals surface area contributed by atoms with Crippen LogP contribution in [0, 0.1) is 0 Å². The smallest absolute Gasteiger partial charge is 0.410 e. The number of aldehydes is 1. The molecule has 0 spiro atoms. The topological polar surface area (TPSA) is 51.5 Å². The molecule has 124 valence electrons. The number of fused-ring (bicyclic) bond motifs is 1. The molecule has 1 heterocycles. The van der Waals surface area contributed by atoms with Gasteiger partial charge in [0, 0.05) is 43.2 Å². The van der Waals surface area contributed by atoms with Gasteiger partial charge in [-0.25, -0.2) is 4.79 Å². The van der Waals surface area contributed by atoms with Crippen molar-refractivity contribution in [2.75, 3.05) is 7.05 Å². The van der Waals surface area contributed by atoms with Crippen molar-refractivity contribution in [1.82, 2.24) is 9.47 Å². The molecule has 1 unspecified atom stereocenters. The lowest BCUT2D eigenvalue weighted by molar-refractivity contribution is -0.108. The molecule has 5 heteroatoms. The van der Waals surface area contributed by atoms with Crippen LogP contribution in [-0.4, -0.2) is 34.5 Å². The molecule has 1 aromatic heterocycles. The third-order valence-corrected chi connectivity index (χ3v) is 3.76. The summed E-state index contributed by atoms with van der Waals surface area (Å²) in [6.07, 6.45) is 2.61. The van der Waals surface area contributed by atoms with E-state index in [0.717, 1.165) is 22.8 Å². The van der Waals surface area contributed by atoms with Crippen molar-refractivity contribution in [3.05, 3.63) is 36.0 Å². The van der Waals surface area contributed by atoms with Crippen molar-refractivity contribution >= 4 is 23.3 Å². The van der Waals surface area contributed by atoms with Gasteiger partial charge in [0.1, 0.15) is 11.9 Å². The van der Waals surface area contributed by atoms with Crippen LogP contribution in [0.1, 0.15) is 38.8 Å². The minimum atomic E-state index is -0.574. The zero-order valence-corrected chi connectivity index (χ0v) is 14.4. The molecule has 23 heavy (non-hydrogen) atoms. The average molecular weight is 316 g/mol. The summed E-state index contributed by atoms with van der Waals surface area (Å²) >= 11 is 0. The molecule has 0 N–H and O–H groups in total. The largest absolute Gasteiger partial charge is 0.444 e. The van der Waals surface area contributed by atoms with Crippen LogP contribution in [0.5, 0.6) is 0 Å². The number of rotatable bonds is 4. The number of ether oxygens (including phenoxy) is 1. The summed E-state index contributed by atoms with van der Waals surface area (Å²) in [6, 6.07) is 7.60. The summed E-state index contributed by atoms with van der Waals surface area (Å²) in [4.78, 5) is 25.0. The van der Waals surface area contributed by atoms with Gasteiger partial charge in [-0.2, -0.15) is 0 Å². The molecule has 0 fully saturated rings. The first-order valence-electron chi connectivity index (χ1n) is 7.68. The molecule has 0 saturated carbocycles. The Bertz CT molecular complexity index is 713. The monoisotopic (exact) mass is 316 g/mol. The Morgan fingerprint density at radius 3 is 2.61 bits per heavy atom. The molecule has 0 aliphatic carbocycles. The number of para-hydroxylation sites is 1. The van der Waals surface area contributed by atoms with E-state index < -0.39 is 11.7 Å². The highest BCUT2D eigenvalue weighted by molar-refractivity contribution is 5.85. The number of nitrogens with zero attached hydrogens (tertiary/aromatic N) is 2. The first kappa shape index (κ1) is 17.1. The maximum Gasteiger partial charge on any atom is 0.410 e. The van der Waals surface area contributed by atoms with Crippen LogP contribution in [-0.2, 0) is 16.6 Å². The van der Waals surface area contributed by atoms with E-state index in [-0.39, 0.29) is 12.5 Å². The van der Waals surface area contributed by atoms with Gasteiger partial charge in [0.05, 0.1) is 6.04 Å². The van der Waals surface area contributed by atoms with Crippen molar-refractivity contribution in [1.29, 1.82) is 0 Å². The van der Waals surface area contributed by atoms with Gasteiger partial charge in [-0.3, -0.25) is 0 Å². The first-order chi connectivity index (χ1) is 10.7. The zero-order valence-electron chi connectivity index (χ0n) is 14.4. The first-order valence-corrected chi connectivity index (χ1v) is 7.68. The maximum atomic E-state index is 12.4. The molecule has 0 bridgehead atoms. The highest BCUT2D eigenvalue weighted by Gasteiger charge is 2.28. The molecular weight excluding hydrogens is 292 g/mol. The molecule has 0 radical (unpaired) electrons. The Labute approximate surface area is 136 Å². The predicted octanol–water partition coefficient (Wildman–Crippen LogP) is 3.68. The molecule has 2 rings (SSSR count). The Balaban J connectivity index is 2.41. The third-order valence-electron chi connectivity index (χ3n) is 3.76. The van der Waals surface area contributed by atoms with Crippen LogP contribution in [0.3, 0.4) is 0 Å². The van der Waals surface area contributed by atoms with E-state index in [1.165, 1.54) is 4.90 Å². The molecular formula is C18H24N2O3. The van der Waals surface area contributed by atoms with Crippen molar-refractivity contribution in [2.24, 2.45) is 7.05 Å². The summed E-state index contributed by atoms with van der Waals surface area (Å²) in [7, 11) is 3.63. The Morgan fingerprint density at radius 1 is 1.35 bits per heavy atom. The van der Waals surface area contributed by atoms with Crippen LogP contribution in [0.2, 0.25) is 0 Å². The van der Waals surface area contributed by atoms with E-state index in [0.29, 0.717) is 0 Å². The number of carbonyl (C=O) groups is 2. The minimum absolute atomic E-state index is 0.226. The number of hydrogen-bond donors (Lipinski definition) is 0. The van der Waals surface area contributed by atoms with Crippen LogP contribution >= 0.6 is 0 Å². The summed E-state index contributed by atoms with van der Waals surface area (Å²) in [5, 5.41) is 1.04. The lowest BCUT2D eigenvalue weighted by Gasteiger charge is -2.29. The summed E-state index contributed by atoms with van der Waals surface area (Å²) in [5.41, 5.74) is 1.44. The molecule has 0 saturated heterocycles. The Hall–Kier alpha value is -2.30. The normalized spacial score (nSPS) is 12.9. The molecule has 1 atom stereocenters. The summed E-state index contributed by atoms with van der Waals surface area (Å²) in [5.74, 6) is 0. The lowest BCUT2D eigenvalue weighted by atomic mass is 10.0.